The van der Waals surface area contributed by atoms with Crippen molar-refractivity contribution in [1.82, 2.24) is 20.8 Å². The molecule has 0 spiro atoms. The lowest BCUT2D eigenvalue weighted by Crippen LogP contribution is -2.33. The van der Waals surface area contributed by atoms with Gasteiger partial charge < -0.3 is 15.4 Å². The summed E-state index contributed by atoms with van der Waals surface area (Å²) in [6.45, 7) is 5.02. The number of hydrogen-bond acceptors (Lipinski definition) is 4. The third-order valence-electron chi connectivity index (χ3n) is 4.77. The molecule has 1 amide bonds. The van der Waals surface area contributed by atoms with Gasteiger partial charge >= 0.3 is 0 Å². The molecule has 22 heavy (non-hydrogen) atoms. The number of hydrogen-bond donors (Lipinski definition) is 3. The maximum Gasteiger partial charge on any atom is 0.272 e. The van der Waals surface area contributed by atoms with Gasteiger partial charge in [-0.25, -0.2) is 0 Å². The molecule has 2 heterocycles. The first kappa shape index (κ1) is 15.5. The number of nitrogens with zero attached hydrogens (tertiary/aromatic N) is 1. The van der Waals surface area contributed by atoms with Gasteiger partial charge in [0.05, 0.1) is 12.7 Å². The second-order valence-electron chi connectivity index (χ2n) is 6.38. The molecule has 0 aromatic carbocycles. The summed E-state index contributed by atoms with van der Waals surface area (Å²) in [5, 5.41) is 13.3. The van der Waals surface area contributed by atoms with Crippen LogP contribution < -0.4 is 10.6 Å². The Morgan fingerprint density at radius 2 is 2.27 bits per heavy atom. The van der Waals surface area contributed by atoms with E-state index in [4.69, 9.17) is 4.74 Å². The zero-order chi connectivity index (χ0) is 15.4. The largest absolute Gasteiger partial charge is 0.376 e. The van der Waals surface area contributed by atoms with Gasteiger partial charge in [0.25, 0.3) is 5.91 Å². The first-order valence-electron chi connectivity index (χ1n) is 8.42. The average Bonchev–Trinajstić information content (AvgIpc) is 2.97. The van der Waals surface area contributed by atoms with Crippen molar-refractivity contribution in [2.75, 3.05) is 19.7 Å². The van der Waals surface area contributed by atoms with Crippen LogP contribution in [0.5, 0.6) is 0 Å². The highest BCUT2D eigenvalue weighted by atomic mass is 16.5. The van der Waals surface area contributed by atoms with E-state index in [0.29, 0.717) is 37.4 Å². The Balaban J connectivity index is 1.43. The van der Waals surface area contributed by atoms with Crippen LogP contribution in [0.3, 0.4) is 0 Å². The van der Waals surface area contributed by atoms with Crippen LogP contribution >= 0.6 is 0 Å². The molecule has 3 rings (SSSR count). The Hall–Kier alpha value is -1.40. The zero-order valence-corrected chi connectivity index (χ0v) is 13.3. The summed E-state index contributed by atoms with van der Waals surface area (Å²) < 4.78 is 5.92. The number of H-pyrrole nitrogens is 1. The predicted octanol–water partition coefficient (Wildman–Crippen LogP) is 1.38. The van der Waals surface area contributed by atoms with E-state index in [-0.39, 0.29) is 5.91 Å². The van der Waals surface area contributed by atoms with Gasteiger partial charge in [-0.15, -0.1) is 0 Å². The fraction of sp³-hybridized carbons (Fsp3) is 0.750. The fourth-order valence-corrected chi connectivity index (χ4v) is 3.40. The first-order chi connectivity index (χ1) is 10.8. The van der Waals surface area contributed by atoms with Crippen molar-refractivity contribution in [2.45, 2.75) is 51.7 Å². The van der Waals surface area contributed by atoms with Gasteiger partial charge in [0, 0.05) is 37.3 Å². The summed E-state index contributed by atoms with van der Waals surface area (Å²) in [7, 11) is 0. The van der Waals surface area contributed by atoms with Crippen LogP contribution in [-0.4, -0.2) is 41.9 Å². The van der Waals surface area contributed by atoms with E-state index in [9.17, 15) is 4.79 Å². The standard InChI is InChI=1S/C16H26N4O2/c1-11-4-2-3-5-14(11)22-9-8-18-16(21)15-12-10-17-7-6-13(12)19-20-15/h11,14,17H,2-10H2,1H3,(H,18,21)(H,19,20). The van der Waals surface area contributed by atoms with Gasteiger partial charge in [0.1, 0.15) is 0 Å². The zero-order valence-electron chi connectivity index (χ0n) is 13.3. The van der Waals surface area contributed by atoms with Crippen molar-refractivity contribution in [3.8, 4) is 0 Å². The molecule has 3 N–H and O–H groups in total. The van der Waals surface area contributed by atoms with Crippen molar-refractivity contribution in [3.05, 3.63) is 17.0 Å². The minimum Gasteiger partial charge on any atom is -0.376 e. The van der Waals surface area contributed by atoms with Gasteiger partial charge in [-0.3, -0.25) is 9.89 Å². The minimum absolute atomic E-state index is 0.110. The van der Waals surface area contributed by atoms with E-state index >= 15 is 0 Å². The molecule has 6 nitrogen and oxygen atoms in total. The third-order valence-corrected chi connectivity index (χ3v) is 4.77. The van der Waals surface area contributed by atoms with Crippen LogP contribution in [0, 0.1) is 5.92 Å². The molecule has 1 aliphatic carbocycles. The second kappa shape index (κ2) is 7.24. The number of aromatic amines is 1. The number of ether oxygens (including phenoxy) is 1. The minimum atomic E-state index is -0.110. The van der Waals surface area contributed by atoms with Gasteiger partial charge in [-0.1, -0.05) is 19.8 Å². The van der Waals surface area contributed by atoms with Crippen LogP contribution in [0.2, 0.25) is 0 Å². The number of aromatic nitrogens is 2. The predicted molar refractivity (Wildman–Crippen MR) is 83.7 cm³/mol. The second-order valence-corrected chi connectivity index (χ2v) is 6.38. The Morgan fingerprint density at radius 3 is 3.14 bits per heavy atom. The van der Waals surface area contributed by atoms with Crippen molar-refractivity contribution in [3.63, 3.8) is 0 Å². The molecule has 0 bridgehead atoms. The molecular formula is C16H26N4O2. The molecule has 2 aliphatic rings. The lowest BCUT2D eigenvalue weighted by Gasteiger charge is -2.28. The number of amides is 1. The van der Waals surface area contributed by atoms with Crippen molar-refractivity contribution in [1.29, 1.82) is 0 Å². The number of nitrogens with one attached hydrogen (secondary N) is 3. The molecule has 0 saturated heterocycles. The van der Waals surface area contributed by atoms with E-state index in [0.717, 1.165) is 30.6 Å². The summed E-state index contributed by atoms with van der Waals surface area (Å²) >= 11 is 0. The quantitative estimate of drug-likeness (QED) is 0.718. The molecule has 1 saturated carbocycles. The average molecular weight is 306 g/mol. The Labute approximate surface area is 131 Å². The molecule has 2 atom stereocenters. The molecule has 2 unspecified atom stereocenters. The maximum atomic E-state index is 12.2. The van der Waals surface area contributed by atoms with E-state index in [1.165, 1.54) is 19.3 Å². The third kappa shape index (κ3) is 3.50. The number of rotatable bonds is 5. The summed E-state index contributed by atoms with van der Waals surface area (Å²) in [5.74, 6) is 0.523. The smallest absolute Gasteiger partial charge is 0.272 e. The maximum absolute atomic E-state index is 12.2. The molecule has 1 aromatic rings. The Bertz CT molecular complexity index is 514. The lowest BCUT2D eigenvalue weighted by atomic mass is 9.88. The van der Waals surface area contributed by atoms with Gasteiger partial charge in [0.2, 0.25) is 0 Å². The van der Waals surface area contributed by atoms with Crippen LogP contribution in [0.4, 0.5) is 0 Å². The number of carbonyl (C=O) groups excluding carboxylic acids is 1. The van der Waals surface area contributed by atoms with Gasteiger partial charge in [-0.05, 0) is 18.8 Å². The Kier molecular flexibility index (Phi) is 5.10. The summed E-state index contributed by atoms with van der Waals surface area (Å²) in [6.07, 6.45) is 6.23. The number of carbonyl (C=O) groups is 1. The monoisotopic (exact) mass is 306 g/mol. The summed E-state index contributed by atoms with van der Waals surface area (Å²) in [4.78, 5) is 12.2. The normalized spacial score (nSPS) is 24.8. The molecule has 0 radical (unpaired) electrons. The van der Waals surface area contributed by atoms with E-state index in [1.807, 2.05) is 0 Å². The topological polar surface area (TPSA) is 79.0 Å². The molecule has 1 aromatic heterocycles. The summed E-state index contributed by atoms with van der Waals surface area (Å²) in [5.41, 5.74) is 2.61. The van der Waals surface area contributed by atoms with Crippen LogP contribution in [0.1, 0.15) is 54.4 Å². The van der Waals surface area contributed by atoms with Crippen LogP contribution in [0.15, 0.2) is 0 Å². The van der Waals surface area contributed by atoms with Gasteiger partial charge in [0.15, 0.2) is 5.69 Å². The molecular weight excluding hydrogens is 280 g/mol. The van der Waals surface area contributed by atoms with E-state index in [1.54, 1.807) is 0 Å². The first-order valence-corrected chi connectivity index (χ1v) is 8.42. The highest BCUT2D eigenvalue weighted by Crippen LogP contribution is 2.26. The van der Waals surface area contributed by atoms with Crippen molar-refractivity contribution in [2.24, 2.45) is 5.92 Å². The van der Waals surface area contributed by atoms with Gasteiger partial charge in [-0.2, -0.15) is 5.10 Å². The SMILES string of the molecule is CC1CCCCC1OCCNC(=O)c1n[nH]c2c1CNCC2. The molecule has 1 fully saturated rings. The highest BCUT2D eigenvalue weighted by Gasteiger charge is 2.23. The van der Waals surface area contributed by atoms with E-state index in [2.05, 4.69) is 27.8 Å². The van der Waals surface area contributed by atoms with Crippen molar-refractivity contribution >= 4 is 5.91 Å². The molecule has 6 heteroatoms. The van der Waals surface area contributed by atoms with E-state index < -0.39 is 0 Å². The van der Waals surface area contributed by atoms with Crippen LogP contribution in [-0.2, 0) is 17.7 Å². The molecule has 1 aliphatic heterocycles. The van der Waals surface area contributed by atoms with Crippen molar-refractivity contribution < 1.29 is 9.53 Å². The molecule has 122 valence electrons. The Morgan fingerprint density at radius 1 is 1.41 bits per heavy atom. The number of fused-ring (bicyclic) bond motifs is 1. The summed E-state index contributed by atoms with van der Waals surface area (Å²) in [6, 6.07) is 0. The fourth-order valence-electron chi connectivity index (χ4n) is 3.40. The van der Waals surface area contributed by atoms with Crippen LogP contribution in [0.25, 0.3) is 0 Å². The lowest BCUT2D eigenvalue weighted by molar-refractivity contribution is -0.00295. The highest BCUT2D eigenvalue weighted by molar-refractivity contribution is 5.94.